The first-order chi connectivity index (χ1) is 12.7. The summed E-state index contributed by atoms with van der Waals surface area (Å²) in [5.74, 6) is 3.10. The zero-order valence-electron chi connectivity index (χ0n) is 16.0. The van der Waals surface area contributed by atoms with E-state index in [-0.39, 0.29) is 0 Å². The van der Waals surface area contributed by atoms with E-state index in [1.807, 2.05) is 6.92 Å². The molecule has 2 aromatic heterocycles. The second-order valence-corrected chi connectivity index (χ2v) is 7.99. The van der Waals surface area contributed by atoms with E-state index in [4.69, 9.17) is 0 Å². The Morgan fingerprint density at radius 3 is 2.85 bits per heavy atom. The third-order valence-electron chi connectivity index (χ3n) is 4.76. The van der Waals surface area contributed by atoms with Gasteiger partial charge in [0.05, 0.1) is 12.2 Å². The number of hydrogen-bond acceptors (Lipinski definition) is 5. The van der Waals surface area contributed by atoms with Gasteiger partial charge >= 0.3 is 0 Å². The van der Waals surface area contributed by atoms with Gasteiger partial charge in [-0.15, -0.1) is 21.5 Å². The van der Waals surface area contributed by atoms with Crippen molar-refractivity contribution in [2.24, 2.45) is 4.99 Å². The number of nitrogens with zero attached hydrogens (tertiary/aromatic N) is 5. The number of guanidine groups is 1. The van der Waals surface area contributed by atoms with Crippen LogP contribution in [0.3, 0.4) is 0 Å². The summed E-state index contributed by atoms with van der Waals surface area (Å²) in [5, 5.41) is 16.6. The highest BCUT2D eigenvalue weighted by Gasteiger charge is 2.14. The molecule has 0 aliphatic carbocycles. The lowest BCUT2D eigenvalue weighted by Gasteiger charge is -2.11. The fourth-order valence-electron chi connectivity index (χ4n) is 3.18. The van der Waals surface area contributed by atoms with E-state index in [9.17, 15) is 0 Å². The van der Waals surface area contributed by atoms with Crippen molar-refractivity contribution in [2.45, 2.75) is 65.5 Å². The van der Waals surface area contributed by atoms with Crippen LogP contribution < -0.4 is 10.6 Å². The second kappa shape index (κ2) is 9.12. The molecule has 2 N–H and O–H groups in total. The largest absolute Gasteiger partial charge is 0.356 e. The molecule has 1 aliphatic heterocycles. The number of rotatable bonds is 6. The minimum atomic E-state index is 0.705. The Kier molecular flexibility index (Phi) is 6.60. The normalized spacial score (nSPS) is 14.8. The van der Waals surface area contributed by atoms with E-state index in [2.05, 4.69) is 42.3 Å². The average Bonchev–Trinajstić information content (AvgIpc) is 3.07. The third-order valence-corrected chi connectivity index (χ3v) is 5.83. The van der Waals surface area contributed by atoms with Crippen LogP contribution >= 0.6 is 11.3 Å². The van der Waals surface area contributed by atoms with Crippen LogP contribution in [0.1, 0.15) is 52.9 Å². The molecule has 2 aromatic rings. The molecule has 3 rings (SSSR count). The van der Waals surface area contributed by atoms with Gasteiger partial charge in [0.15, 0.2) is 5.96 Å². The van der Waals surface area contributed by atoms with Crippen LogP contribution in [0.4, 0.5) is 0 Å². The number of thiazole rings is 1. The van der Waals surface area contributed by atoms with Crippen molar-refractivity contribution in [3.63, 3.8) is 0 Å². The molecule has 0 bridgehead atoms. The molecule has 0 saturated heterocycles. The molecule has 0 fully saturated rings. The highest BCUT2D eigenvalue weighted by molar-refractivity contribution is 7.11. The highest BCUT2D eigenvalue weighted by atomic mass is 32.1. The van der Waals surface area contributed by atoms with Crippen LogP contribution in [0.2, 0.25) is 0 Å². The first-order valence-corrected chi connectivity index (χ1v) is 10.3. The molecule has 0 aromatic carbocycles. The number of fused-ring (bicyclic) bond motifs is 1. The fraction of sp³-hybridized carbons (Fsp3) is 0.667. The number of nitrogens with one attached hydrogen (secondary N) is 2. The third kappa shape index (κ3) is 4.81. The predicted molar refractivity (Wildman–Crippen MR) is 106 cm³/mol. The standard InChI is InChI=1S/C18H29N7S/c1-13-14(2)26-17(22-13)12-21-18(19-3)20-10-7-9-16-24-23-15-8-5-4-6-11-25(15)16/h4-12H2,1-3H3,(H2,19,20,21). The van der Waals surface area contributed by atoms with Gasteiger partial charge < -0.3 is 15.2 Å². The van der Waals surface area contributed by atoms with Crippen LogP contribution in [0, 0.1) is 13.8 Å². The van der Waals surface area contributed by atoms with E-state index in [1.165, 1.54) is 24.1 Å². The summed E-state index contributed by atoms with van der Waals surface area (Å²) in [5.41, 5.74) is 1.11. The van der Waals surface area contributed by atoms with Crippen molar-refractivity contribution in [2.75, 3.05) is 13.6 Å². The van der Waals surface area contributed by atoms with Gasteiger partial charge in [-0.25, -0.2) is 4.98 Å². The molecule has 142 valence electrons. The Morgan fingerprint density at radius 2 is 2.08 bits per heavy atom. The van der Waals surface area contributed by atoms with Crippen LogP contribution in [-0.2, 0) is 25.9 Å². The summed E-state index contributed by atoms with van der Waals surface area (Å²) in [6.07, 6.45) is 6.79. The quantitative estimate of drug-likeness (QED) is 0.460. The maximum atomic E-state index is 4.55. The van der Waals surface area contributed by atoms with E-state index in [0.717, 1.165) is 60.7 Å². The van der Waals surface area contributed by atoms with Crippen molar-refractivity contribution in [3.05, 3.63) is 27.2 Å². The lowest BCUT2D eigenvalue weighted by Crippen LogP contribution is -2.37. The SMILES string of the molecule is CN=C(NCCCc1nnc2n1CCCCC2)NCc1nc(C)c(C)s1. The van der Waals surface area contributed by atoms with Crippen LogP contribution in [0.5, 0.6) is 0 Å². The fourth-order valence-corrected chi connectivity index (χ4v) is 4.05. The number of hydrogen-bond donors (Lipinski definition) is 2. The monoisotopic (exact) mass is 375 g/mol. The topological polar surface area (TPSA) is 80.0 Å². The maximum Gasteiger partial charge on any atom is 0.191 e. The zero-order valence-corrected chi connectivity index (χ0v) is 16.8. The summed E-state index contributed by atoms with van der Waals surface area (Å²) >= 11 is 1.73. The van der Waals surface area contributed by atoms with E-state index in [0.29, 0.717) is 6.54 Å². The summed E-state index contributed by atoms with van der Waals surface area (Å²) < 4.78 is 2.33. The second-order valence-electron chi connectivity index (χ2n) is 6.70. The van der Waals surface area contributed by atoms with E-state index < -0.39 is 0 Å². The lowest BCUT2D eigenvalue weighted by molar-refractivity contribution is 0.594. The van der Waals surface area contributed by atoms with Gasteiger partial charge in [-0.3, -0.25) is 4.99 Å². The van der Waals surface area contributed by atoms with Gasteiger partial charge in [0.25, 0.3) is 0 Å². The Balaban J connectivity index is 1.41. The molecule has 8 heteroatoms. The van der Waals surface area contributed by atoms with Gasteiger partial charge in [-0.2, -0.15) is 0 Å². The van der Waals surface area contributed by atoms with Gasteiger partial charge in [0, 0.05) is 37.9 Å². The Labute approximate surface area is 159 Å². The molecule has 0 amide bonds. The predicted octanol–water partition coefficient (Wildman–Crippen LogP) is 2.38. The first-order valence-electron chi connectivity index (χ1n) is 9.45. The smallest absolute Gasteiger partial charge is 0.191 e. The molecule has 7 nitrogen and oxygen atoms in total. The van der Waals surface area contributed by atoms with Crippen molar-refractivity contribution in [3.8, 4) is 0 Å². The molecule has 26 heavy (non-hydrogen) atoms. The van der Waals surface area contributed by atoms with Crippen LogP contribution in [-0.4, -0.2) is 39.3 Å². The summed E-state index contributed by atoms with van der Waals surface area (Å²) in [7, 11) is 1.80. The van der Waals surface area contributed by atoms with Crippen molar-refractivity contribution in [1.82, 2.24) is 30.4 Å². The van der Waals surface area contributed by atoms with Crippen LogP contribution in [0.15, 0.2) is 4.99 Å². The van der Waals surface area contributed by atoms with Gasteiger partial charge in [0.1, 0.15) is 16.7 Å². The lowest BCUT2D eigenvalue weighted by atomic mass is 10.2. The van der Waals surface area contributed by atoms with Crippen LogP contribution in [0.25, 0.3) is 0 Å². The molecule has 1 aliphatic rings. The minimum absolute atomic E-state index is 0.705. The molecule has 0 spiro atoms. The first kappa shape index (κ1) is 18.8. The van der Waals surface area contributed by atoms with Gasteiger partial charge in [-0.05, 0) is 33.1 Å². The molecule has 0 unspecified atom stereocenters. The number of aromatic nitrogens is 4. The number of aryl methyl sites for hydroxylation is 4. The van der Waals surface area contributed by atoms with E-state index >= 15 is 0 Å². The molecule has 3 heterocycles. The van der Waals surface area contributed by atoms with Crippen molar-refractivity contribution < 1.29 is 0 Å². The molecular formula is C18H29N7S. The Bertz CT molecular complexity index is 727. The molecule has 0 saturated carbocycles. The molecule has 0 radical (unpaired) electrons. The summed E-state index contributed by atoms with van der Waals surface area (Å²) in [4.78, 5) is 10.1. The number of aliphatic imine (C=N–C) groups is 1. The molecule has 0 atom stereocenters. The zero-order chi connectivity index (χ0) is 18.4. The maximum absolute atomic E-state index is 4.55. The minimum Gasteiger partial charge on any atom is -0.356 e. The van der Waals surface area contributed by atoms with Crippen molar-refractivity contribution >= 4 is 17.3 Å². The van der Waals surface area contributed by atoms with Crippen molar-refractivity contribution in [1.29, 1.82) is 0 Å². The molecular weight excluding hydrogens is 346 g/mol. The average molecular weight is 376 g/mol. The Hall–Kier alpha value is -1.96. The van der Waals surface area contributed by atoms with Gasteiger partial charge in [0.2, 0.25) is 0 Å². The van der Waals surface area contributed by atoms with E-state index in [1.54, 1.807) is 18.4 Å². The summed E-state index contributed by atoms with van der Waals surface area (Å²) in [6, 6.07) is 0. The summed E-state index contributed by atoms with van der Waals surface area (Å²) in [6.45, 7) is 6.79. The Morgan fingerprint density at radius 1 is 1.19 bits per heavy atom. The highest BCUT2D eigenvalue weighted by Crippen LogP contribution is 2.16. The van der Waals surface area contributed by atoms with Gasteiger partial charge in [-0.1, -0.05) is 6.42 Å².